The van der Waals surface area contributed by atoms with Crippen molar-refractivity contribution in [3.63, 3.8) is 0 Å². The SMILES string of the molecule is CCN(CCCBr)C(=O)c1cccc(Br)c1C. The average Bonchev–Trinajstić information content (AvgIpc) is 2.33. The predicted molar refractivity (Wildman–Crippen MR) is 78.9 cm³/mol. The van der Waals surface area contributed by atoms with Gasteiger partial charge in [-0.1, -0.05) is 37.9 Å². The van der Waals surface area contributed by atoms with Gasteiger partial charge in [-0.15, -0.1) is 0 Å². The number of amides is 1. The van der Waals surface area contributed by atoms with E-state index in [0.29, 0.717) is 0 Å². The van der Waals surface area contributed by atoms with Crippen LogP contribution in [0.25, 0.3) is 0 Å². The van der Waals surface area contributed by atoms with Crippen LogP contribution in [0, 0.1) is 6.92 Å². The topological polar surface area (TPSA) is 20.3 Å². The van der Waals surface area contributed by atoms with Crippen molar-refractivity contribution in [2.75, 3.05) is 18.4 Å². The van der Waals surface area contributed by atoms with E-state index >= 15 is 0 Å². The van der Waals surface area contributed by atoms with Gasteiger partial charge in [-0.05, 0) is 38.0 Å². The minimum Gasteiger partial charge on any atom is -0.339 e. The number of benzene rings is 1. The molecular formula is C13H17Br2NO. The molecule has 0 saturated carbocycles. The molecule has 1 aromatic rings. The molecule has 4 heteroatoms. The molecule has 0 heterocycles. The van der Waals surface area contributed by atoms with E-state index in [2.05, 4.69) is 31.9 Å². The third kappa shape index (κ3) is 3.81. The molecule has 1 amide bonds. The second kappa shape index (κ2) is 7.17. The summed E-state index contributed by atoms with van der Waals surface area (Å²) in [5, 5.41) is 0.925. The quantitative estimate of drug-likeness (QED) is 0.725. The van der Waals surface area contributed by atoms with E-state index in [9.17, 15) is 4.79 Å². The standard InChI is InChI=1S/C13H17Br2NO/c1-3-16(9-5-8-14)13(17)11-6-4-7-12(15)10(11)2/h4,6-7H,3,5,8-9H2,1-2H3. The summed E-state index contributed by atoms with van der Waals surface area (Å²) in [5.41, 5.74) is 1.80. The zero-order valence-electron chi connectivity index (χ0n) is 10.2. The Balaban J connectivity index is 2.90. The number of hydrogen-bond acceptors (Lipinski definition) is 1. The number of carbonyl (C=O) groups excluding carboxylic acids is 1. The van der Waals surface area contributed by atoms with Crippen LogP contribution in [-0.2, 0) is 0 Å². The molecule has 2 nitrogen and oxygen atoms in total. The molecule has 0 fully saturated rings. The maximum Gasteiger partial charge on any atom is 0.254 e. The molecule has 1 rings (SSSR count). The molecule has 0 atom stereocenters. The Labute approximate surface area is 120 Å². The molecule has 0 spiro atoms. The van der Waals surface area contributed by atoms with E-state index < -0.39 is 0 Å². The van der Waals surface area contributed by atoms with Gasteiger partial charge in [0.2, 0.25) is 0 Å². The molecule has 0 radical (unpaired) electrons. The van der Waals surface area contributed by atoms with Crippen LogP contribution < -0.4 is 0 Å². The Morgan fingerprint density at radius 3 is 2.71 bits per heavy atom. The average molecular weight is 363 g/mol. The van der Waals surface area contributed by atoms with Gasteiger partial charge in [0.1, 0.15) is 0 Å². The summed E-state index contributed by atoms with van der Waals surface area (Å²) in [6.45, 7) is 5.53. The van der Waals surface area contributed by atoms with Crippen molar-refractivity contribution < 1.29 is 4.79 Å². The van der Waals surface area contributed by atoms with E-state index in [0.717, 1.165) is 40.4 Å². The van der Waals surface area contributed by atoms with Gasteiger partial charge in [-0.2, -0.15) is 0 Å². The Morgan fingerprint density at radius 2 is 2.12 bits per heavy atom. The van der Waals surface area contributed by atoms with Crippen LogP contribution in [0.1, 0.15) is 29.3 Å². The zero-order chi connectivity index (χ0) is 12.8. The lowest BCUT2D eigenvalue weighted by atomic mass is 10.1. The lowest BCUT2D eigenvalue weighted by molar-refractivity contribution is 0.0764. The second-order valence-corrected chi connectivity index (χ2v) is 5.49. The van der Waals surface area contributed by atoms with Crippen LogP contribution in [0.4, 0.5) is 0 Å². The van der Waals surface area contributed by atoms with E-state index in [-0.39, 0.29) is 5.91 Å². The maximum atomic E-state index is 12.3. The highest BCUT2D eigenvalue weighted by molar-refractivity contribution is 9.10. The predicted octanol–water partition coefficient (Wildman–Crippen LogP) is 4.00. The van der Waals surface area contributed by atoms with Crippen molar-refractivity contribution >= 4 is 37.8 Å². The third-order valence-electron chi connectivity index (χ3n) is 2.73. The zero-order valence-corrected chi connectivity index (χ0v) is 13.3. The van der Waals surface area contributed by atoms with E-state index in [1.165, 1.54) is 0 Å². The first-order valence-corrected chi connectivity index (χ1v) is 7.63. The number of nitrogens with zero attached hydrogens (tertiary/aromatic N) is 1. The molecule has 94 valence electrons. The fraction of sp³-hybridized carbons (Fsp3) is 0.462. The molecule has 0 saturated heterocycles. The number of carbonyl (C=O) groups is 1. The van der Waals surface area contributed by atoms with Gasteiger partial charge < -0.3 is 4.90 Å². The fourth-order valence-electron chi connectivity index (χ4n) is 1.66. The molecule has 0 aliphatic carbocycles. The smallest absolute Gasteiger partial charge is 0.254 e. The lowest BCUT2D eigenvalue weighted by Crippen LogP contribution is -2.32. The number of hydrogen-bond donors (Lipinski definition) is 0. The Kier molecular flexibility index (Phi) is 6.20. The number of alkyl halides is 1. The highest BCUT2D eigenvalue weighted by atomic mass is 79.9. The minimum atomic E-state index is 0.118. The Morgan fingerprint density at radius 1 is 1.41 bits per heavy atom. The van der Waals surface area contributed by atoms with Gasteiger partial charge in [0.05, 0.1) is 0 Å². The summed E-state index contributed by atoms with van der Waals surface area (Å²) in [5.74, 6) is 0.118. The first-order chi connectivity index (χ1) is 8.11. The lowest BCUT2D eigenvalue weighted by Gasteiger charge is -2.21. The molecule has 0 aromatic heterocycles. The fourth-order valence-corrected chi connectivity index (χ4v) is 2.28. The summed E-state index contributed by atoms with van der Waals surface area (Å²) >= 11 is 6.85. The summed E-state index contributed by atoms with van der Waals surface area (Å²) in [6, 6.07) is 5.75. The maximum absolute atomic E-state index is 12.3. The van der Waals surface area contributed by atoms with Crippen molar-refractivity contribution in [1.82, 2.24) is 4.90 Å². The van der Waals surface area contributed by atoms with Gasteiger partial charge in [0, 0.05) is 28.5 Å². The molecule has 0 aliphatic rings. The van der Waals surface area contributed by atoms with Crippen molar-refractivity contribution in [1.29, 1.82) is 0 Å². The molecule has 17 heavy (non-hydrogen) atoms. The van der Waals surface area contributed by atoms with Crippen molar-refractivity contribution in [2.24, 2.45) is 0 Å². The van der Waals surface area contributed by atoms with Crippen LogP contribution in [0.3, 0.4) is 0 Å². The van der Waals surface area contributed by atoms with Crippen LogP contribution in [-0.4, -0.2) is 29.2 Å². The van der Waals surface area contributed by atoms with E-state index in [4.69, 9.17) is 0 Å². The minimum absolute atomic E-state index is 0.118. The first kappa shape index (κ1) is 14.7. The highest BCUT2D eigenvalue weighted by Crippen LogP contribution is 2.20. The van der Waals surface area contributed by atoms with Crippen molar-refractivity contribution in [2.45, 2.75) is 20.3 Å². The monoisotopic (exact) mass is 361 g/mol. The molecule has 1 aromatic carbocycles. The van der Waals surface area contributed by atoms with Gasteiger partial charge in [0.25, 0.3) is 5.91 Å². The van der Waals surface area contributed by atoms with Gasteiger partial charge in [-0.25, -0.2) is 0 Å². The van der Waals surface area contributed by atoms with Crippen molar-refractivity contribution in [3.8, 4) is 0 Å². The van der Waals surface area contributed by atoms with Crippen molar-refractivity contribution in [3.05, 3.63) is 33.8 Å². The molecular weight excluding hydrogens is 346 g/mol. The van der Waals surface area contributed by atoms with E-state index in [1.54, 1.807) is 0 Å². The summed E-state index contributed by atoms with van der Waals surface area (Å²) in [4.78, 5) is 14.2. The largest absolute Gasteiger partial charge is 0.339 e. The molecule has 0 bridgehead atoms. The summed E-state index contributed by atoms with van der Waals surface area (Å²) < 4.78 is 0.986. The second-order valence-electron chi connectivity index (χ2n) is 3.84. The number of rotatable bonds is 5. The summed E-state index contributed by atoms with van der Waals surface area (Å²) in [6.07, 6.45) is 0.979. The summed E-state index contributed by atoms with van der Waals surface area (Å²) in [7, 11) is 0. The highest BCUT2D eigenvalue weighted by Gasteiger charge is 2.16. The van der Waals surface area contributed by atoms with Crippen LogP contribution in [0.5, 0.6) is 0 Å². The van der Waals surface area contributed by atoms with Gasteiger partial charge >= 0.3 is 0 Å². The van der Waals surface area contributed by atoms with Crippen LogP contribution in [0.2, 0.25) is 0 Å². The van der Waals surface area contributed by atoms with Gasteiger partial charge in [0.15, 0.2) is 0 Å². The first-order valence-electron chi connectivity index (χ1n) is 5.72. The van der Waals surface area contributed by atoms with Gasteiger partial charge in [-0.3, -0.25) is 4.79 Å². The molecule has 0 aliphatic heterocycles. The van der Waals surface area contributed by atoms with E-state index in [1.807, 2.05) is 36.9 Å². The third-order valence-corrected chi connectivity index (χ3v) is 4.15. The molecule has 0 N–H and O–H groups in total. The normalized spacial score (nSPS) is 10.4. The molecule has 0 unspecified atom stereocenters. The van der Waals surface area contributed by atoms with Crippen LogP contribution >= 0.6 is 31.9 Å². The Hall–Kier alpha value is -0.350. The Bertz CT molecular complexity index is 393. The van der Waals surface area contributed by atoms with Crippen LogP contribution in [0.15, 0.2) is 22.7 Å². The number of halogens is 2.